The van der Waals surface area contributed by atoms with E-state index in [0.29, 0.717) is 5.56 Å². The van der Waals surface area contributed by atoms with Crippen LogP contribution in [-0.2, 0) is 0 Å². The van der Waals surface area contributed by atoms with Gasteiger partial charge in [-0.05, 0) is 52.1 Å². The van der Waals surface area contributed by atoms with Crippen LogP contribution in [0, 0.1) is 0 Å². The molecule has 1 aliphatic carbocycles. The summed E-state index contributed by atoms with van der Waals surface area (Å²) < 4.78 is 0. The largest absolute Gasteiger partial charge is 0.290 e. The predicted octanol–water partition coefficient (Wildman–Crippen LogP) is 3.56. The van der Waals surface area contributed by atoms with Gasteiger partial charge in [0.2, 0.25) is 0 Å². The normalized spacial score (nSPS) is 13.1. The SMILES string of the molecule is O=C1C=Cc2cccc3c2c1cc1ccc(=O)ccc13. The fourth-order valence-corrected chi connectivity index (χ4v) is 2.86. The van der Waals surface area contributed by atoms with Crippen LogP contribution in [0.2, 0.25) is 0 Å². The molecule has 2 nitrogen and oxygen atoms in total. The molecule has 0 unspecified atom stereocenters. The van der Waals surface area contributed by atoms with Crippen LogP contribution in [0.5, 0.6) is 0 Å². The van der Waals surface area contributed by atoms with E-state index >= 15 is 0 Å². The molecule has 0 N–H and O–H groups in total. The van der Waals surface area contributed by atoms with Crippen molar-refractivity contribution < 1.29 is 4.79 Å². The standard InChI is InChI=1S/C18H10O2/c19-13-6-4-12-10-16-17(20)9-5-11-2-1-3-15(18(11)16)14(12)8-7-13/h1-10H. The summed E-state index contributed by atoms with van der Waals surface area (Å²) in [5, 5.41) is 3.90. The molecule has 20 heavy (non-hydrogen) atoms. The molecule has 0 fully saturated rings. The Morgan fingerprint density at radius 3 is 2.50 bits per heavy atom. The van der Waals surface area contributed by atoms with Gasteiger partial charge in [0.05, 0.1) is 0 Å². The van der Waals surface area contributed by atoms with Crippen LogP contribution < -0.4 is 5.43 Å². The number of fused-ring (bicyclic) bond motifs is 2. The lowest BCUT2D eigenvalue weighted by Gasteiger charge is -2.13. The summed E-state index contributed by atoms with van der Waals surface area (Å²) in [6.45, 7) is 0. The monoisotopic (exact) mass is 258 g/mol. The van der Waals surface area contributed by atoms with Crippen molar-refractivity contribution in [1.82, 2.24) is 0 Å². The summed E-state index contributed by atoms with van der Waals surface area (Å²) in [5.74, 6) is 0.0180. The second-order valence-electron chi connectivity index (χ2n) is 4.96. The van der Waals surface area contributed by atoms with E-state index < -0.39 is 0 Å². The molecule has 94 valence electrons. The smallest absolute Gasteiger partial charge is 0.186 e. The second-order valence-corrected chi connectivity index (χ2v) is 4.96. The third-order valence-electron chi connectivity index (χ3n) is 3.79. The fraction of sp³-hybridized carbons (Fsp3) is 0. The average molecular weight is 258 g/mol. The molecule has 0 bridgehead atoms. The highest BCUT2D eigenvalue weighted by atomic mass is 16.1. The van der Waals surface area contributed by atoms with Crippen molar-refractivity contribution in [3.05, 3.63) is 76.0 Å². The number of hydrogen-bond donors (Lipinski definition) is 0. The molecule has 0 amide bonds. The number of benzene rings is 2. The van der Waals surface area contributed by atoms with Crippen molar-refractivity contribution >= 4 is 33.4 Å². The number of hydrogen-bond acceptors (Lipinski definition) is 2. The summed E-state index contributed by atoms with van der Waals surface area (Å²) in [6.07, 6.45) is 3.45. The maximum absolute atomic E-state index is 12.1. The highest BCUT2D eigenvalue weighted by Crippen LogP contribution is 2.33. The zero-order chi connectivity index (χ0) is 13.7. The third kappa shape index (κ3) is 1.45. The molecule has 3 aromatic rings. The number of ketones is 1. The van der Waals surface area contributed by atoms with Crippen molar-refractivity contribution in [3.8, 4) is 0 Å². The Hall–Kier alpha value is -2.74. The van der Waals surface area contributed by atoms with Crippen LogP contribution in [0.4, 0.5) is 0 Å². The first-order chi connectivity index (χ1) is 9.74. The Bertz CT molecular complexity index is 981. The van der Waals surface area contributed by atoms with Gasteiger partial charge in [0.15, 0.2) is 11.2 Å². The van der Waals surface area contributed by atoms with Crippen molar-refractivity contribution in [1.29, 1.82) is 0 Å². The Morgan fingerprint density at radius 1 is 0.750 bits per heavy atom. The molecular weight excluding hydrogens is 248 g/mol. The van der Waals surface area contributed by atoms with Gasteiger partial charge in [0.25, 0.3) is 0 Å². The number of carbonyl (C=O) groups excluding carboxylic acids is 1. The lowest BCUT2D eigenvalue weighted by Crippen LogP contribution is -2.01. The molecular formula is C18H10O2. The van der Waals surface area contributed by atoms with Gasteiger partial charge in [-0.1, -0.05) is 30.3 Å². The maximum Gasteiger partial charge on any atom is 0.186 e. The molecule has 0 radical (unpaired) electrons. The minimum atomic E-state index is -0.0358. The number of carbonyl (C=O) groups is 1. The van der Waals surface area contributed by atoms with Gasteiger partial charge in [-0.25, -0.2) is 0 Å². The van der Waals surface area contributed by atoms with Crippen LogP contribution in [0.25, 0.3) is 27.6 Å². The molecule has 1 aliphatic rings. The Kier molecular flexibility index (Phi) is 2.15. The van der Waals surface area contributed by atoms with Gasteiger partial charge in [-0.2, -0.15) is 0 Å². The first-order valence-electron chi connectivity index (χ1n) is 6.46. The molecule has 0 saturated carbocycles. The molecule has 3 aromatic carbocycles. The zero-order valence-corrected chi connectivity index (χ0v) is 10.6. The van der Waals surface area contributed by atoms with Crippen molar-refractivity contribution in [2.24, 2.45) is 0 Å². The van der Waals surface area contributed by atoms with Crippen LogP contribution >= 0.6 is 0 Å². The fourth-order valence-electron chi connectivity index (χ4n) is 2.86. The summed E-state index contributed by atoms with van der Waals surface area (Å²) in [7, 11) is 0. The first kappa shape index (κ1) is 11.1. The van der Waals surface area contributed by atoms with E-state index in [2.05, 4.69) is 0 Å². The van der Waals surface area contributed by atoms with Crippen molar-refractivity contribution in [3.63, 3.8) is 0 Å². The van der Waals surface area contributed by atoms with Crippen LogP contribution in [-0.4, -0.2) is 5.78 Å². The quantitative estimate of drug-likeness (QED) is 0.617. The minimum absolute atomic E-state index is 0.0180. The molecule has 2 heteroatoms. The summed E-state index contributed by atoms with van der Waals surface area (Å²) in [6, 6.07) is 14.6. The average Bonchev–Trinajstić information content (AvgIpc) is 2.65. The van der Waals surface area contributed by atoms with Gasteiger partial charge in [0, 0.05) is 10.9 Å². The molecule has 4 rings (SSSR count). The number of allylic oxidation sites excluding steroid dienone is 1. The highest BCUT2D eigenvalue weighted by Gasteiger charge is 2.16. The van der Waals surface area contributed by atoms with E-state index in [1.807, 2.05) is 36.4 Å². The van der Waals surface area contributed by atoms with E-state index in [1.165, 1.54) is 6.07 Å². The molecule has 0 saturated heterocycles. The molecule has 0 aromatic heterocycles. The van der Waals surface area contributed by atoms with Gasteiger partial charge < -0.3 is 0 Å². The van der Waals surface area contributed by atoms with E-state index in [4.69, 9.17) is 0 Å². The van der Waals surface area contributed by atoms with Gasteiger partial charge >= 0.3 is 0 Å². The summed E-state index contributed by atoms with van der Waals surface area (Å²) >= 11 is 0. The Balaban J connectivity index is 2.35. The lowest BCUT2D eigenvalue weighted by molar-refractivity contribution is 0.104. The lowest BCUT2D eigenvalue weighted by atomic mass is 9.89. The molecule has 0 atom stereocenters. The van der Waals surface area contributed by atoms with Crippen LogP contribution in [0.15, 0.2) is 59.4 Å². The molecule has 0 aliphatic heterocycles. The summed E-state index contributed by atoms with van der Waals surface area (Å²) in [4.78, 5) is 23.6. The van der Waals surface area contributed by atoms with Gasteiger partial charge in [-0.3, -0.25) is 9.59 Å². The van der Waals surface area contributed by atoms with E-state index in [9.17, 15) is 9.59 Å². The van der Waals surface area contributed by atoms with Gasteiger partial charge in [-0.15, -0.1) is 0 Å². The molecule has 0 spiro atoms. The number of rotatable bonds is 0. The van der Waals surface area contributed by atoms with Gasteiger partial charge in [0.1, 0.15) is 0 Å². The first-order valence-corrected chi connectivity index (χ1v) is 6.46. The van der Waals surface area contributed by atoms with Crippen LogP contribution in [0.1, 0.15) is 15.9 Å². The van der Waals surface area contributed by atoms with E-state index in [-0.39, 0.29) is 11.2 Å². The molecule has 0 heterocycles. The van der Waals surface area contributed by atoms with Crippen molar-refractivity contribution in [2.75, 3.05) is 0 Å². The summed E-state index contributed by atoms with van der Waals surface area (Å²) in [5.41, 5.74) is 1.73. The van der Waals surface area contributed by atoms with Crippen molar-refractivity contribution in [2.45, 2.75) is 0 Å². The Labute approximate surface area is 115 Å². The van der Waals surface area contributed by atoms with Crippen LogP contribution in [0.3, 0.4) is 0 Å². The Morgan fingerprint density at radius 2 is 1.60 bits per heavy atom. The topological polar surface area (TPSA) is 34.1 Å². The highest BCUT2D eigenvalue weighted by molar-refractivity contribution is 6.25. The van der Waals surface area contributed by atoms with E-state index in [1.54, 1.807) is 18.2 Å². The predicted molar refractivity (Wildman–Crippen MR) is 81.1 cm³/mol. The zero-order valence-electron chi connectivity index (χ0n) is 10.6. The minimum Gasteiger partial charge on any atom is -0.290 e. The van der Waals surface area contributed by atoms with E-state index in [0.717, 1.165) is 27.1 Å². The third-order valence-corrected chi connectivity index (χ3v) is 3.79. The second kappa shape index (κ2) is 3.87. The maximum atomic E-state index is 12.1.